The zero-order chi connectivity index (χ0) is 18.8. The van der Waals surface area contributed by atoms with Crippen molar-refractivity contribution in [3.05, 3.63) is 76.6 Å². The molecule has 1 heterocycles. The van der Waals surface area contributed by atoms with E-state index in [2.05, 4.69) is 0 Å². The minimum atomic E-state index is -1.09. The Hall–Kier alpha value is -2.99. The van der Waals surface area contributed by atoms with Crippen molar-refractivity contribution >= 4 is 17.4 Å². The Kier molecular flexibility index (Phi) is 4.86. The Morgan fingerprint density at radius 3 is 2.38 bits per heavy atom. The molecule has 0 bridgehead atoms. The lowest BCUT2D eigenvalue weighted by atomic mass is 9.94. The van der Waals surface area contributed by atoms with Crippen molar-refractivity contribution in [1.29, 1.82) is 0 Å². The van der Waals surface area contributed by atoms with Gasteiger partial charge in [-0.3, -0.25) is 9.59 Å². The van der Waals surface area contributed by atoms with Crippen molar-refractivity contribution < 1.29 is 24.2 Å². The summed E-state index contributed by atoms with van der Waals surface area (Å²) in [7, 11) is 0. The predicted octanol–water partition coefficient (Wildman–Crippen LogP) is 2.55. The number of hydrogen-bond donors (Lipinski definition) is 2. The van der Waals surface area contributed by atoms with Gasteiger partial charge in [0, 0.05) is 17.7 Å². The van der Waals surface area contributed by atoms with Crippen LogP contribution >= 0.6 is 0 Å². The first-order valence-corrected chi connectivity index (χ1v) is 8.16. The second-order valence-corrected chi connectivity index (χ2v) is 6.10. The molecule has 134 valence electrons. The van der Waals surface area contributed by atoms with Gasteiger partial charge >= 0.3 is 0 Å². The number of carbonyl (C=O) groups is 2. The Balaban J connectivity index is 2.21. The van der Waals surface area contributed by atoms with Crippen molar-refractivity contribution in [2.75, 3.05) is 13.2 Å². The summed E-state index contributed by atoms with van der Waals surface area (Å²) in [6, 6.07) is 11.4. The van der Waals surface area contributed by atoms with Crippen molar-refractivity contribution in [3.8, 4) is 0 Å². The molecule has 2 N–H and O–H groups in total. The second kappa shape index (κ2) is 7.09. The van der Waals surface area contributed by atoms with E-state index in [1.807, 2.05) is 6.92 Å². The number of halogens is 1. The summed E-state index contributed by atoms with van der Waals surface area (Å²) in [6.07, 6.45) is 0. The van der Waals surface area contributed by atoms with Crippen molar-refractivity contribution in [2.24, 2.45) is 0 Å². The molecule has 1 atom stereocenters. The van der Waals surface area contributed by atoms with Gasteiger partial charge in [-0.15, -0.1) is 0 Å². The first-order chi connectivity index (χ1) is 12.5. The van der Waals surface area contributed by atoms with Crippen LogP contribution in [0.5, 0.6) is 0 Å². The molecule has 0 radical (unpaired) electrons. The van der Waals surface area contributed by atoms with Crippen LogP contribution in [-0.4, -0.2) is 40.0 Å². The molecule has 26 heavy (non-hydrogen) atoms. The van der Waals surface area contributed by atoms with E-state index in [0.29, 0.717) is 5.56 Å². The number of ketones is 1. The van der Waals surface area contributed by atoms with Gasteiger partial charge in [0.05, 0.1) is 18.2 Å². The molecule has 1 aliphatic heterocycles. The lowest BCUT2D eigenvalue weighted by Crippen LogP contribution is -2.32. The van der Waals surface area contributed by atoms with Gasteiger partial charge in [0.2, 0.25) is 0 Å². The molecule has 1 amide bonds. The van der Waals surface area contributed by atoms with Crippen LogP contribution in [0.15, 0.2) is 54.1 Å². The highest BCUT2D eigenvalue weighted by molar-refractivity contribution is 6.46. The normalized spacial score (nSPS) is 19.2. The summed E-state index contributed by atoms with van der Waals surface area (Å²) in [5, 5.41) is 20.0. The van der Waals surface area contributed by atoms with E-state index in [4.69, 9.17) is 0 Å². The molecule has 0 aromatic heterocycles. The molecule has 5 nitrogen and oxygen atoms in total. The number of amides is 1. The second-order valence-electron chi connectivity index (χ2n) is 6.10. The number of Topliss-reactive ketones (excluding diaryl/α,β-unsaturated/α-hetero) is 1. The van der Waals surface area contributed by atoms with E-state index in [9.17, 15) is 24.2 Å². The highest BCUT2D eigenvalue weighted by Crippen LogP contribution is 2.39. The summed E-state index contributed by atoms with van der Waals surface area (Å²) in [4.78, 5) is 26.0. The Morgan fingerprint density at radius 1 is 1.12 bits per heavy atom. The number of aliphatic hydroxyl groups excluding tert-OH is 2. The molecule has 0 aliphatic carbocycles. The van der Waals surface area contributed by atoms with Crippen LogP contribution in [0.1, 0.15) is 22.7 Å². The SMILES string of the molecule is Cc1ccc(/C(O)=C2/C(=O)C(=O)N(CCO)C2c2ccccc2F)cc1. The molecule has 1 fully saturated rings. The number of rotatable bonds is 4. The van der Waals surface area contributed by atoms with Crippen LogP contribution in [0, 0.1) is 12.7 Å². The number of β-amino-alcohol motifs (C(OH)–C–C–N with tert-alkyl or cyclic N) is 1. The summed E-state index contributed by atoms with van der Waals surface area (Å²) in [5.74, 6) is -2.74. The fraction of sp³-hybridized carbons (Fsp3) is 0.200. The molecule has 1 unspecified atom stereocenters. The molecule has 0 saturated carbocycles. The number of aryl methyl sites for hydroxylation is 1. The zero-order valence-corrected chi connectivity index (χ0v) is 14.1. The molecular weight excluding hydrogens is 337 g/mol. The minimum absolute atomic E-state index is 0.0915. The Labute approximate surface area is 150 Å². The topological polar surface area (TPSA) is 77.8 Å². The number of carbonyl (C=O) groups excluding carboxylic acids is 2. The van der Waals surface area contributed by atoms with E-state index in [1.54, 1.807) is 30.3 Å². The maximum absolute atomic E-state index is 14.4. The first-order valence-electron chi connectivity index (χ1n) is 8.16. The van der Waals surface area contributed by atoms with E-state index in [1.165, 1.54) is 18.2 Å². The molecule has 2 aromatic carbocycles. The maximum atomic E-state index is 14.4. The van der Waals surface area contributed by atoms with Crippen LogP contribution in [0.3, 0.4) is 0 Å². The minimum Gasteiger partial charge on any atom is -0.507 e. The third-order valence-electron chi connectivity index (χ3n) is 4.41. The van der Waals surface area contributed by atoms with Gasteiger partial charge in [0.15, 0.2) is 0 Å². The van der Waals surface area contributed by atoms with Gasteiger partial charge in [-0.05, 0) is 13.0 Å². The molecule has 6 heteroatoms. The van der Waals surface area contributed by atoms with Gasteiger partial charge in [0.25, 0.3) is 11.7 Å². The maximum Gasteiger partial charge on any atom is 0.295 e. The first kappa shape index (κ1) is 17.8. The third-order valence-corrected chi connectivity index (χ3v) is 4.41. The fourth-order valence-electron chi connectivity index (χ4n) is 3.11. The van der Waals surface area contributed by atoms with Crippen molar-refractivity contribution in [1.82, 2.24) is 4.90 Å². The average Bonchev–Trinajstić information content (AvgIpc) is 2.87. The van der Waals surface area contributed by atoms with E-state index in [-0.39, 0.29) is 30.0 Å². The molecule has 3 rings (SSSR count). The van der Waals surface area contributed by atoms with E-state index in [0.717, 1.165) is 10.5 Å². The Bertz CT molecular complexity index is 889. The number of likely N-dealkylation sites (tertiary alicyclic amines) is 1. The quantitative estimate of drug-likeness (QED) is 0.502. The highest BCUT2D eigenvalue weighted by Gasteiger charge is 2.46. The standard InChI is InChI=1S/C20H18FNO4/c1-12-6-8-13(9-7-12)18(24)16-17(14-4-2-3-5-15(14)21)22(10-11-23)20(26)19(16)25/h2-9,17,23-24H,10-11H2,1H3/b18-16-. The van der Waals surface area contributed by atoms with Crippen LogP contribution in [0.25, 0.3) is 5.76 Å². The predicted molar refractivity (Wildman–Crippen MR) is 93.7 cm³/mol. The van der Waals surface area contributed by atoms with Gasteiger partial charge in [0.1, 0.15) is 11.6 Å². The largest absolute Gasteiger partial charge is 0.507 e. The fourth-order valence-corrected chi connectivity index (χ4v) is 3.11. The van der Waals surface area contributed by atoms with E-state index >= 15 is 0 Å². The van der Waals surface area contributed by atoms with Crippen LogP contribution < -0.4 is 0 Å². The molecule has 1 aliphatic rings. The third kappa shape index (κ3) is 2.99. The summed E-state index contributed by atoms with van der Waals surface area (Å²) in [6.45, 7) is 1.35. The molecule has 1 saturated heterocycles. The lowest BCUT2D eigenvalue weighted by Gasteiger charge is -2.24. The molecular formula is C20H18FNO4. The zero-order valence-electron chi connectivity index (χ0n) is 14.1. The van der Waals surface area contributed by atoms with Crippen LogP contribution in [0.4, 0.5) is 4.39 Å². The van der Waals surface area contributed by atoms with Crippen molar-refractivity contribution in [2.45, 2.75) is 13.0 Å². The Morgan fingerprint density at radius 2 is 1.77 bits per heavy atom. The number of aliphatic hydroxyl groups is 2. The molecule has 2 aromatic rings. The van der Waals surface area contributed by atoms with Crippen LogP contribution in [-0.2, 0) is 9.59 Å². The number of hydrogen-bond acceptors (Lipinski definition) is 4. The summed E-state index contributed by atoms with van der Waals surface area (Å²) in [5.41, 5.74) is 1.23. The van der Waals surface area contributed by atoms with Gasteiger partial charge < -0.3 is 15.1 Å². The van der Waals surface area contributed by atoms with Crippen molar-refractivity contribution in [3.63, 3.8) is 0 Å². The van der Waals surface area contributed by atoms with Gasteiger partial charge in [-0.25, -0.2) is 4.39 Å². The lowest BCUT2D eigenvalue weighted by molar-refractivity contribution is -0.140. The number of benzene rings is 2. The monoisotopic (exact) mass is 355 g/mol. The summed E-state index contributed by atoms with van der Waals surface area (Å²) < 4.78 is 14.4. The van der Waals surface area contributed by atoms with Crippen LogP contribution in [0.2, 0.25) is 0 Å². The highest BCUT2D eigenvalue weighted by atomic mass is 19.1. The molecule has 0 spiro atoms. The number of nitrogens with zero attached hydrogens (tertiary/aromatic N) is 1. The summed E-state index contributed by atoms with van der Waals surface area (Å²) >= 11 is 0. The van der Waals surface area contributed by atoms with Gasteiger partial charge in [-0.2, -0.15) is 0 Å². The van der Waals surface area contributed by atoms with Gasteiger partial charge in [-0.1, -0.05) is 48.0 Å². The van der Waals surface area contributed by atoms with E-state index < -0.39 is 23.5 Å². The average molecular weight is 355 g/mol. The smallest absolute Gasteiger partial charge is 0.295 e.